The summed E-state index contributed by atoms with van der Waals surface area (Å²) < 4.78 is 27.2. The maximum atomic E-state index is 12.4. The number of benzene rings is 2. The van der Waals surface area contributed by atoms with Gasteiger partial charge in [-0.2, -0.15) is 4.72 Å². The second-order valence-electron chi connectivity index (χ2n) is 5.78. The number of anilines is 1. The minimum atomic E-state index is -3.99. The fraction of sp³-hybridized carbons (Fsp3) is 0.235. The van der Waals surface area contributed by atoms with Crippen LogP contribution in [0.15, 0.2) is 41.3 Å². The van der Waals surface area contributed by atoms with Gasteiger partial charge >= 0.3 is 0 Å². The Labute approximate surface area is 157 Å². The quantitative estimate of drug-likeness (QED) is 0.798. The lowest BCUT2D eigenvalue weighted by atomic mass is 10.1. The van der Waals surface area contributed by atoms with Crippen molar-refractivity contribution in [2.45, 2.75) is 31.7 Å². The van der Waals surface area contributed by atoms with E-state index in [2.05, 4.69) is 10.0 Å². The van der Waals surface area contributed by atoms with E-state index in [0.29, 0.717) is 5.69 Å². The van der Waals surface area contributed by atoms with E-state index in [1.807, 2.05) is 19.9 Å². The van der Waals surface area contributed by atoms with Crippen LogP contribution in [0.25, 0.3) is 0 Å². The number of nitrogens with one attached hydrogen (secondary N) is 2. The maximum absolute atomic E-state index is 12.4. The van der Waals surface area contributed by atoms with Gasteiger partial charge in [0.1, 0.15) is 4.90 Å². The lowest BCUT2D eigenvalue weighted by Crippen LogP contribution is -2.41. The molecule has 2 aromatic rings. The number of halogens is 2. The van der Waals surface area contributed by atoms with Crippen molar-refractivity contribution in [3.05, 3.63) is 57.6 Å². The van der Waals surface area contributed by atoms with Crippen LogP contribution in [0, 0.1) is 13.8 Å². The Morgan fingerprint density at radius 2 is 1.64 bits per heavy atom. The molecule has 8 heteroatoms. The molecule has 1 atom stereocenters. The van der Waals surface area contributed by atoms with Crippen LogP contribution in [-0.2, 0) is 14.8 Å². The molecular formula is C17H18Cl2N2O3S. The molecule has 2 aromatic carbocycles. The van der Waals surface area contributed by atoms with Crippen LogP contribution in [-0.4, -0.2) is 20.4 Å². The zero-order chi connectivity index (χ0) is 18.8. The van der Waals surface area contributed by atoms with Crippen LogP contribution in [0.2, 0.25) is 10.0 Å². The molecule has 0 unspecified atom stereocenters. The Hall–Kier alpha value is -1.60. The first-order valence-corrected chi connectivity index (χ1v) is 9.69. The second-order valence-corrected chi connectivity index (χ2v) is 8.31. The average molecular weight is 401 g/mol. The Morgan fingerprint density at radius 1 is 1.04 bits per heavy atom. The van der Waals surface area contributed by atoms with Crippen molar-refractivity contribution in [1.82, 2.24) is 4.72 Å². The van der Waals surface area contributed by atoms with Crippen molar-refractivity contribution in [1.29, 1.82) is 0 Å². The first kappa shape index (κ1) is 19.7. The third-order valence-corrected chi connectivity index (χ3v) is 5.65. The molecule has 0 aliphatic rings. The highest BCUT2D eigenvalue weighted by molar-refractivity contribution is 7.89. The third-order valence-electron chi connectivity index (χ3n) is 3.40. The molecule has 5 nitrogen and oxygen atoms in total. The average Bonchev–Trinajstić information content (AvgIpc) is 2.48. The van der Waals surface area contributed by atoms with Gasteiger partial charge in [-0.15, -0.1) is 0 Å². The van der Waals surface area contributed by atoms with Gasteiger partial charge in [0.25, 0.3) is 0 Å². The minimum absolute atomic E-state index is 0.0267. The van der Waals surface area contributed by atoms with Crippen LogP contribution >= 0.6 is 23.2 Å². The summed E-state index contributed by atoms with van der Waals surface area (Å²) in [6.07, 6.45) is 0. The van der Waals surface area contributed by atoms with Gasteiger partial charge in [-0.1, -0.05) is 29.3 Å². The van der Waals surface area contributed by atoms with E-state index in [-0.39, 0.29) is 14.9 Å². The molecule has 1 amide bonds. The number of carbonyl (C=O) groups excluding carboxylic acids is 1. The lowest BCUT2D eigenvalue weighted by Gasteiger charge is -2.16. The SMILES string of the molecule is Cc1cc(C)cc(NC(=O)[C@H](C)NS(=O)(=O)c2cc(Cl)ccc2Cl)c1. The van der Waals surface area contributed by atoms with Gasteiger partial charge in [-0.05, 0) is 62.2 Å². The lowest BCUT2D eigenvalue weighted by molar-refractivity contribution is -0.117. The van der Waals surface area contributed by atoms with Crippen LogP contribution in [0.5, 0.6) is 0 Å². The van der Waals surface area contributed by atoms with Crippen LogP contribution in [0.4, 0.5) is 5.69 Å². The molecule has 0 bridgehead atoms. The van der Waals surface area contributed by atoms with Crippen LogP contribution in [0.1, 0.15) is 18.1 Å². The van der Waals surface area contributed by atoms with E-state index >= 15 is 0 Å². The zero-order valence-corrected chi connectivity index (χ0v) is 16.3. The van der Waals surface area contributed by atoms with E-state index in [1.165, 1.54) is 25.1 Å². The predicted molar refractivity (Wildman–Crippen MR) is 101 cm³/mol. The van der Waals surface area contributed by atoms with Gasteiger partial charge in [-0.3, -0.25) is 4.79 Å². The van der Waals surface area contributed by atoms with E-state index < -0.39 is 22.0 Å². The smallest absolute Gasteiger partial charge is 0.242 e. The van der Waals surface area contributed by atoms with Crippen molar-refractivity contribution in [2.75, 3.05) is 5.32 Å². The highest BCUT2D eigenvalue weighted by Crippen LogP contribution is 2.25. The van der Waals surface area contributed by atoms with Gasteiger partial charge in [-0.25, -0.2) is 8.42 Å². The molecule has 2 N–H and O–H groups in total. The van der Waals surface area contributed by atoms with Gasteiger partial charge in [0.05, 0.1) is 11.1 Å². The fourth-order valence-corrected chi connectivity index (χ4v) is 4.30. The normalized spacial score (nSPS) is 12.7. The van der Waals surface area contributed by atoms with E-state index in [1.54, 1.807) is 12.1 Å². The topological polar surface area (TPSA) is 75.3 Å². The first-order chi connectivity index (χ1) is 11.6. The number of hydrogen-bond donors (Lipinski definition) is 2. The molecule has 0 heterocycles. The molecule has 0 aromatic heterocycles. The monoisotopic (exact) mass is 400 g/mol. The van der Waals surface area contributed by atoms with E-state index in [0.717, 1.165) is 11.1 Å². The maximum Gasteiger partial charge on any atom is 0.242 e. The highest BCUT2D eigenvalue weighted by atomic mass is 35.5. The van der Waals surface area contributed by atoms with Gasteiger partial charge in [0, 0.05) is 10.7 Å². The standard InChI is InChI=1S/C17H18Cl2N2O3S/c1-10-6-11(2)8-14(7-10)20-17(22)12(3)21-25(23,24)16-9-13(18)4-5-15(16)19/h4-9,12,21H,1-3H3,(H,20,22)/t12-/m0/s1. The summed E-state index contributed by atoms with van der Waals surface area (Å²) in [4.78, 5) is 12.1. The third kappa shape index (κ3) is 5.19. The summed E-state index contributed by atoms with van der Waals surface area (Å²) in [5.41, 5.74) is 2.60. The summed E-state index contributed by atoms with van der Waals surface area (Å²) in [7, 11) is -3.99. The Kier molecular flexibility index (Phi) is 6.11. The molecule has 0 aliphatic heterocycles. The van der Waals surface area contributed by atoms with Gasteiger partial charge in [0.15, 0.2) is 0 Å². The number of carbonyl (C=O) groups is 1. The molecule has 2 rings (SSSR count). The number of sulfonamides is 1. The summed E-state index contributed by atoms with van der Waals surface area (Å²) in [6.45, 7) is 5.28. The van der Waals surface area contributed by atoms with Crippen molar-refractivity contribution in [2.24, 2.45) is 0 Å². The summed E-state index contributed by atoms with van der Waals surface area (Å²) in [6, 6.07) is 8.70. The Bertz CT molecular complexity index is 894. The van der Waals surface area contributed by atoms with Gasteiger partial charge in [0.2, 0.25) is 15.9 Å². The van der Waals surface area contributed by atoms with Crippen molar-refractivity contribution < 1.29 is 13.2 Å². The first-order valence-electron chi connectivity index (χ1n) is 7.45. The summed E-state index contributed by atoms with van der Waals surface area (Å²) >= 11 is 11.8. The Morgan fingerprint density at radius 3 is 2.24 bits per heavy atom. The van der Waals surface area contributed by atoms with Gasteiger partial charge < -0.3 is 5.32 Å². The molecule has 0 spiro atoms. The van der Waals surface area contributed by atoms with Crippen LogP contribution in [0.3, 0.4) is 0 Å². The summed E-state index contributed by atoms with van der Waals surface area (Å²) in [5.74, 6) is -0.480. The molecule has 0 aliphatic carbocycles. The molecule has 0 radical (unpaired) electrons. The highest BCUT2D eigenvalue weighted by Gasteiger charge is 2.24. The molecular weight excluding hydrogens is 383 g/mol. The number of amides is 1. The second kappa shape index (κ2) is 7.74. The largest absolute Gasteiger partial charge is 0.325 e. The number of rotatable bonds is 5. The van der Waals surface area contributed by atoms with Crippen molar-refractivity contribution in [3.63, 3.8) is 0 Å². The molecule has 0 saturated heterocycles. The van der Waals surface area contributed by atoms with Crippen molar-refractivity contribution in [3.8, 4) is 0 Å². The minimum Gasteiger partial charge on any atom is -0.325 e. The van der Waals surface area contributed by atoms with Crippen LogP contribution < -0.4 is 10.0 Å². The summed E-state index contributed by atoms with van der Waals surface area (Å²) in [5, 5.41) is 2.96. The molecule has 0 fully saturated rings. The molecule has 25 heavy (non-hydrogen) atoms. The molecule has 0 saturated carbocycles. The zero-order valence-electron chi connectivity index (χ0n) is 13.9. The number of aryl methyl sites for hydroxylation is 2. The molecule has 134 valence electrons. The Balaban J connectivity index is 2.16. The predicted octanol–water partition coefficient (Wildman–Crippen LogP) is 3.92. The van der Waals surface area contributed by atoms with E-state index in [9.17, 15) is 13.2 Å². The fourth-order valence-electron chi connectivity index (χ4n) is 2.33. The van der Waals surface area contributed by atoms with E-state index in [4.69, 9.17) is 23.2 Å². The number of hydrogen-bond acceptors (Lipinski definition) is 3. The van der Waals surface area contributed by atoms with Crippen molar-refractivity contribution >= 4 is 44.8 Å².